The van der Waals surface area contributed by atoms with Crippen LogP contribution in [-0.2, 0) is 23.7 Å². The van der Waals surface area contributed by atoms with E-state index in [1.807, 2.05) is 13.8 Å². The first-order chi connectivity index (χ1) is 7.85. The van der Waals surface area contributed by atoms with Crippen LogP contribution in [0.25, 0.3) is 0 Å². The summed E-state index contributed by atoms with van der Waals surface area (Å²) in [4.78, 5) is 33.0. The van der Waals surface area contributed by atoms with E-state index in [1.54, 1.807) is 0 Å². The first-order valence-electron chi connectivity index (χ1n) is 5.46. The molecule has 6 nitrogen and oxygen atoms in total. The van der Waals surface area contributed by atoms with Gasteiger partial charge in [0.25, 0.3) is 0 Å². The first-order valence-corrected chi connectivity index (χ1v) is 5.46. The Bertz CT molecular complexity index is 298. The van der Waals surface area contributed by atoms with Crippen LogP contribution in [0, 0.1) is 0 Å². The van der Waals surface area contributed by atoms with E-state index in [-0.39, 0.29) is 12.2 Å². The summed E-state index contributed by atoms with van der Waals surface area (Å²) < 4.78 is 9.81. The summed E-state index contributed by atoms with van der Waals surface area (Å²) in [7, 11) is -0.809. The van der Waals surface area contributed by atoms with Gasteiger partial charge >= 0.3 is 19.1 Å². The Morgan fingerprint density at radius 3 is 2.18 bits per heavy atom. The Hall–Kier alpha value is -1.37. The van der Waals surface area contributed by atoms with Crippen LogP contribution in [0.4, 0.5) is 0 Å². The molecule has 7 heteroatoms. The van der Waals surface area contributed by atoms with E-state index in [9.17, 15) is 14.4 Å². The minimum absolute atomic E-state index is 0.275. The number of ketones is 1. The standard InChI is InChI=1S/C8H11BO6.C2H6/c1-5(10)3-8(4-6(11)12)7(13)14-9(2)15-8;1-2/h3-4H2,1-2H3,(H,11,12);1-2H3. The van der Waals surface area contributed by atoms with E-state index in [2.05, 4.69) is 0 Å². The Balaban J connectivity index is 0.00000121. The van der Waals surface area contributed by atoms with Crippen molar-refractivity contribution in [2.75, 3.05) is 0 Å². The average Bonchev–Trinajstić information content (AvgIpc) is 2.42. The Labute approximate surface area is 100 Å². The summed E-state index contributed by atoms with van der Waals surface area (Å²) in [6, 6.07) is 0. The van der Waals surface area contributed by atoms with Crippen molar-refractivity contribution >= 4 is 24.8 Å². The largest absolute Gasteiger partial charge is 0.524 e. The van der Waals surface area contributed by atoms with Crippen LogP contribution in [0.5, 0.6) is 0 Å². The van der Waals surface area contributed by atoms with Gasteiger partial charge in [-0.05, 0) is 13.7 Å². The number of Topliss-reactive ketones (excluding diaryl/α,β-unsaturated/α-hetero) is 1. The van der Waals surface area contributed by atoms with E-state index in [0.29, 0.717) is 0 Å². The SMILES string of the molecule is CB1OC(=O)C(CC(C)=O)(CC(=O)O)O1.CC. The van der Waals surface area contributed by atoms with Gasteiger partial charge in [0, 0.05) is 6.42 Å². The van der Waals surface area contributed by atoms with Crippen LogP contribution in [0.2, 0.25) is 6.82 Å². The molecule has 0 aromatic heterocycles. The van der Waals surface area contributed by atoms with E-state index in [1.165, 1.54) is 13.7 Å². The fourth-order valence-corrected chi connectivity index (χ4v) is 1.58. The highest BCUT2D eigenvalue weighted by Crippen LogP contribution is 2.30. The predicted molar refractivity (Wildman–Crippen MR) is 60.4 cm³/mol. The molecule has 1 unspecified atom stereocenters. The van der Waals surface area contributed by atoms with Crippen molar-refractivity contribution < 1.29 is 28.8 Å². The molecule has 17 heavy (non-hydrogen) atoms. The Morgan fingerprint density at radius 2 is 1.88 bits per heavy atom. The van der Waals surface area contributed by atoms with Gasteiger partial charge in [-0.1, -0.05) is 13.8 Å². The number of hydrogen-bond donors (Lipinski definition) is 1. The molecule has 1 aliphatic rings. The Kier molecular flexibility index (Phi) is 5.88. The molecule has 0 amide bonds. The molecule has 1 aliphatic heterocycles. The fourth-order valence-electron chi connectivity index (χ4n) is 1.58. The van der Waals surface area contributed by atoms with E-state index >= 15 is 0 Å². The minimum atomic E-state index is -1.64. The van der Waals surface area contributed by atoms with Gasteiger partial charge < -0.3 is 14.4 Å². The van der Waals surface area contributed by atoms with Gasteiger partial charge in [-0.3, -0.25) is 14.4 Å². The van der Waals surface area contributed by atoms with E-state index < -0.39 is 31.1 Å². The van der Waals surface area contributed by atoms with E-state index in [4.69, 9.17) is 14.4 Å². The lowest BCUT2D eigenvalue weighted by Crippen LogP contribution is -2.41. The summed E-state index contributed by atoms with van der Waals surface area (Å²) in [5, 5.41) is 8.66. The maximum Gasteiger partial charge on any atom is 0.524 e. The lowest BCUT2D eigenvalue weighted by atomic mass is 9.91. The third kappa shape index (κ3) is 4.18. The fraction of sp³-hybridized carbons (Fsp3) is 0.700. The zero-order valence-corrected chi connectivity index (χ0v) is 10.5. The van der Waals surface area contributed by atoms with Crippen LogP contribution in [0.1, 0.15) is 33.6 Å². The van der Waals surface area contributed by atoms with Crippen molar-refractivity contribution in [2.24, 2.45) is 0 Å². The predicted octanol–water partition coefficient (Wildman–Crippen LogP) is 0.897. The second kappa shape index (κ2) is 6.39. The van der Waals surface area contributed by atoms with Crippen molar-refractivity contribution in [1.29, 1.82) is 0 Å². The molecule has 0 aliphatic carbocycles. The molecule has 1 heterocycles. The molecule has 1 fully saturated rings. The number of carboxylic acids is 1. The highest BCUT2D eigenvalue weighted by Gasteiger charge is 2.52. The van der Waals surface area contributed by atoms with Crippen molar-refractivity contribution in [1.82, 2.24) is 0 Å². The molecule has 0 saturated carbocycles. The van der Waals surface area contributed by atoms with Crippen LogP contribution in [0.15, 0.2) is 0 Å². The lowest BCUT2D eigenvalue weighted by molar-refractivity contribution is -0.154. The number of hydrogen-bond acceptors (Lipinski definition) is 5. The first kappa shape index (κ1) is 15.6. The molecule has 0 radical (unpaired) electrons. The summed E-state index contributed by atoms with van der Waals surface area (Å²) in [6.45, 7) is 6.74. The van der Waals surface area contributed by atoms with Gasteiger partial charge in [0.1, 0.15) is 5.78 Å². The number of aliphatic carboxylic acids is 1. The molecule has 96 valence electrons. The maximum absolute atomic E-state index is 11.4. The lowest BCUT2D eigenvalue weighted by Gasteiger charge is -2.21. The molecule has 0 spiro atoms. The van der Waals surface area contributed by atoms with Gasteiger partial charge in [-0.2, -0.15) is 0 Å². The van der Waals surface area contributed by atoms with Crippen molar-refractivity contribution in [3.05, 3.63) is 0 Å². The van der Waals surface area contributed by atoms with Gasteiger partial charge in [-0.15, -0.1) is 0 Å². The molecule has 1 N–H and O–H groups in total. The quantitative estimate of drug-likeness (QED) is 0.738. The Morgan fingerprint density at radius 1 is 1.35 bits per heavy atom. The highest BCUT2D eigenvalue weighted by atomic mass is 16.7. The number of carbonyl (C=O) groups excluding carboxylic acids is 2. The third-order valence-electron chi connectivity index (χ3n) is 2.01. The molecule has 0 aromatic rings. The average molecular weight is 244 g/mol. The smallest absolute Gasteiger partial charge is 0.507 e. The number of carboxylic acid groups (broad SMARTS) is 1. The number of carbonyl (C=O) groups is 3. The molecular formula is C10H17BO6. The molecule has 0 aromatic carbocycles. The zero-order valence-electron chi connectivity index (χ0n) is 10.5. The molecule has 1 rings (SSSR count). The zero-order chi connectivity index (χ0) is 13.6. The van der Waals surface area contributed by atoms with Gasteiger partial charge in [0.2, 0.25) is 0 Å². The summed E-state index contributed by atoms with van der Waals surface area (Å²) >= 11 is 0. The topological polar surface area (TPSA) is 89.9 Å². The van der Waals surface area contributed by atoms with E-state index in [0.717, 1.165) is 0 Å². The monoisotopic (exact) mass is 244 g/mol. The molecule has 1 atom stereocenters. The maximum atomic E-state index is 11.4. The molecule has 1 saturated heterocycles. The van der Waals surface area contributed by atoms with Crippen molar-refractivity contribution in [3.63, 3.8) is 0 Å². The number of rotatable bonds is 4. The van der Waals surface area contributed by atoms with Crippen molar-refractivity contribution in [3.8, 4) is 0 Å². The van der Waals surface area contributed by atoms with Crippen LogP contribution in [0.3, 0.4) is 0 Å². The normalized spacial score (nSPS) is 22.6. The summed E-state index contributed by atoms with van der Waals surface area (Å²) in [6.07, 6.45) is -0.835. The van der Waals surface area contributed by atoms with Crippen molar-refractivity contribution in [2.45, 2.75) is 46.0 Å². The second-order valence-corrected chi connectivity index (χ2v) is 3.53. The minimum Gasteiger partial charge on any atom is -0.507 e. The van der Waals surface area contributed by atoms with Crippen LogP contribution < -0.4 is 0 Å². The molecular weight excluding hydrogens is 227 g/mol. The summed E-state index contributed by atoms with van der Waals surface area (Å²) in [5.74, 6) is -2.31. The van der Waals surface area contributed by atoms with Crippen LogP contribution in [-0.4, -0.2) is 35.5 Å². The van der Waals surface area contributed by atoms with Gasteiger partial charge in [0.15, 0.2) is 5.60 Å². The van der Waals surface area contributed by atoms with Crippen LogP contribution >= 0.6 is 0 Å². The summed E-state index contributed by atoms with van der Waals surface area (Å²) in [5.41, 5.74) is -1.64. The third-order valence-corrected chi connectivity index (χ3v) is 2.01. The highest BCUT2D eigenvalue weighted by molar-refractivity contribution is 6.48. The second-order valence-electron chi connectivity index (χ2n) is 3.53. The van der Waals surface area contributed by atoms with Gasteiger partial charge in [0.05, 0.1) is 6.42 Å². The van der Waals surface area contributed by atoms with Gasteiger partial charge in [-0.25, -0.2) is 0 Å². The molecule has 0 bridgehead atoms.